The lowest BCUT2D eigenvalue weighted by molar-refractivity contribution is -0.119. The van der Waals surface area contributed by atoms with Crippen molar-refractivity contribution < 1.29 is 4.79 Å². The van der Waals surface area contributed by atoms with Gasteiger partial charge in [0.05, 0.1) is 16.7 Å². The summed E-state index contributed by atoms with van der Waals surface area (Å²) in [5.41, 5.74) is 0.721. The summed E-state index contributed by atoms with van der Waals surface area (Å²) in [4.78, 5) is 30.2. The third-order valence-electron chi connectivity index (χ3n) is 5.44. The van der Waals surface area contributed by atoms with Crippen molar-refractivity contribution in [3.8, 4) is 0 Å². The number of carbonyl (C=O) groups is 1. The molecule has 1 aromatic heterocycles. The van der Waals surface area contributed by atoms with E-state index in [1.807, 2.05) is 35.8 Å². The normalized spacial score (nSPS) is 16.6. The average molecular weight is 388 g/mol. The highest BCUT2D eigenvalue weighted by molar-refractivity contribution is 7.99. The van der Waals surface area contributed by atoms with Gasteiger partial charge in [0.1, 0.15) is 0 Å². The van der Waals surface area contributed by atoms with Crippen LogP contribution in [-0.2, 0) is 4.79 Å². The molecule has 1 atom stereocenters. The first-order valence-corrected chi connectivity index (χ1v) is 10.9. The number of thioether (sulfide) groups is 1. The number of hydrogen-bond acceptors (Lipinski definition) is 4. The van der Waals surface area contributed by atoms with Crippen LogP contribution >= 0.6 is 11.8 Å². The van der Waals surface area contributed by atoms with E-state index in [1.165, 1.54) is 18.2 Å². The van der Waals surface area contributed by atoms with Gasteiger partial charge in [-0.25, -0.2) is 4.98 Å². The lowest BCUT2D eigenvalue weighted by Crippen LogP contribution is -2.37. The van der Waals surface area contributed by atoms with E-state index in [0.717, 1.165) is 25.7 Å². The molecule has 0 bridgehead atoms. The highest BCUT2D eigenvalue weighted by Crippen LogP contribution is 2.31. The first kappa shape index (κ1) is 19.9. The Kier molecular flexibility index (Phi) is 6.58. The fraction of sp³-hybridized carbons (Fsp3) is 0.571. The Hall–Kier alpha value is -1.82. The van der Waals surface area contributed by atoms with Gasteiger partial charge in [-0.05, 0) is 37.8 Å². The summed E-state index contributed by atoms with van der Waals surface area (Å²) in [6, 6.07) is 7.80. The Morgan fingerprint density at radius 2 is 1.93 bits per heavy atom. The molecule has 146 valence electrons. The second kappa shape index (κ2) is 8.91. The number of nitrogens with zero attached hydrogens (tertiary/aromatic N) is 2. The van der Waals surface area contributed by atoms with Gasteiger partial charge in [0.2, 0.25) is 5.91 Å². The van der Waals surface area contributed by atoms with Crippen LogP contribution in [0.1, 0.15) is 58.9 Å². The standard InChI is InChI=1S/C21H29N3O2S/c1-14(2)15(3)22-19(25)13-27-21-23-18-12-8-7-11-17(18)20(26)24(21)16-9-5-4-6-10-16/h7-8,11-12,14-16H,4-6,9-10,13H2,1-3H3,(H,22,25)/t15-/m1/s1. The molecule has 1 aliphatic rings. The highest BCUT2D eigenvalue weighted by Gasteiger charge is 2.22. The fourth-order valence-corrected chi connectivity index (χ4v) is 4.36. The van der Waals surface area contributed by atoms with Crippen LogP contribution in [0.25, 0.3) is 10.9 Å². The van der Waals surface area contributed by atoms with Gasteiger partial charge >= 0.3 is 0 Å². The van der Waals surface area contributed by atoms with Crippen molar-refractivity contribution in [2.45, 2.75) is 70.1 Å². The van der Waals surface area contributed by atoms with Crippen LogP contribution in [0.2, 0.25) is 0 Å². The summed E-state index contributed by atoms with van der Waals surface area (Å²) >= 11 is 1.37. The Morgan fingerprint density at radius 3 is 2.63 bits per heavy atom. The van der Waals surface area contributed by atoms with Crippen molar-refractivity contribution in [3.05, 3.63) is 34.6 Å². The first-order valence-electron chi connectivity index (χ1n) is 9.91. The molecule has 1 fully saturated rings. The fourth-order valence-electron chi connectivity index (χ4n) is 3.48. The van der Waals surface area contributed by atoms with Gasteiger partial charge in [0.15, 0.2) is 5.16 Å². The van der Waals surface area contributed by atoms with E-state index in [1.54, 1.807) is 0 Å². The summed E-state index contributed by atoms with van der Waals surface area (Å²) < 4.78 is 1.85. The van der Waals surface area contributed by atoms with Crippen molar-refractivity contribution in [3.63, 3.8) is 0 Å². The molecular weight excluding hydrogens is 358 g/mol. The number of aromatic nitrogens is 2. The van der Waals surface area contributed by atoms with E-state index >= 15 is 0 Å². The summed E-state index contributed by atoms with van der Waals surface area (Å²) in [6.45, 7) is 6.19. The molecule has 2 aromatic rings. The maximum absolute atomic E-state index is 13.2. The van der Waals surface area contributed by atoms with E-state index in [4.69, 9.17) is 4.98 Å². The zero-order chi connectivity index (χ0) is 19.4. The van der Waals surface area contributed by atoms with Crippen LogP contribution < -0.4 is 10.9 Å². The van der Waals surface area contributed by atoms with Crippen LogP contribution in [0, 0.1) is 5.92 Å². The van der Waals surface area contributed by atoms with Gasteiger partial charge in [-0.15, -0.1) is 0 Å². The number of hydrogen-bond donors (Lipinski definition) is 1. The number of fused-ring (bicyclic) bond motifs is 1. The van der Waals surface area contributed by atoms with Gasteiger partial charge < -0.3 is 5.32 Å². The van der Waals surface area contributed by atoms with Gasteiger partial charge in [-0.1, -0.05) is 57.0 Å². The number of nitrogens with one attached hydrogen (secondary N) is 1. The van der Waals surface area contributed by atoms with Gasteiger partial charge in [-0.2, -0.15) is 0 Å². The van der Waals surface area contributed by atoms with Crippen molar-refractivity contribution in [2.75, 3.05) is 5.75 Å². The number of rotatable bonds is 6. The van der Waals surface area contributed by atoms with Gasteiger partial charge in [0.25, 0.3) is 5.56 Å². The molecule has 6 heteroatoms. The first-order chi connectivity index (χ1) is 13.0. The van der Waals surface area contributed by atoms with Crippen LogP contribution in [0.15, 0.2) is 34.2 Å². The van der Waals surface area contributed by atoms with Crippen molar-refractivity contribution in [1.82, 2.24) is 14.9 Å². The number of para-hydroxylation sites is 1. The second-order valence-corrected chi connectivity index (χ2v) is 8.71. The molecule has 0 radical (unpaired) electrons. The van der Waals surface area contributed by atoms with Crippen molar-refractivity contribution in [2.24, 2.45) is 5.92 Å². The largest absolute Gasteiger partial charge is 0.353 e. The molecule has 1 amide bonds. The number of benzene rings is 1. The van der Waals surface area contributed by atoms with Crippen molar-refractivity contribution >= 4 is 28.6 Å². The molecule has 1 N–H and O–H groups in total. The van der Waals surface area contributed by atoms with E-state index in [2.05, 4.69) is 19.2 Å². The minimum absolute atomic E-state index is 0.0150. The molecule has 0 unspecified atom stereocenters. The predicted molar refractivity (Wildman–Crippen MR) is 111 cm³/mol. The molecule has 1 saturated carbocycles. The zero-order valence-corrected chi connectivity index (χ0v) is 17.2. The van der Waals surface area contributed by atoms with E-state index in [9.17, 15) is 9.59 Å². The number of amides is 1. The Balaban J connectivity index is 1.88. The third kappa shape index (κ3) is 4.72. The third-order valence-corrected chi connectivity index (χ3v) is 6.39. The molecule has 3 rings (SSSR count). The Bertz CT molecular complexity index is 856. The smallest absolute Gasteiger partial charge is 0.262 e. The molecular formula is C21H29N3O2S. The minimum atomic E-state index is -0.0150. The lowest BCUT2D eigenvalue weighted by Gasteiger charge is -2.26. The maximum atomic E-state index is 13.2. The molecule has 1 aromatic carbocycles. The summed E-state index contributed by atoms with van der Waals surface area (Å²) in [5.74, 6) is 0.645. The Morgan fingerprint density at radius 1 is 1.22 bits per heavy atom. The monoisotopic (exact) mass is 387 g/mol. The van der Waals surface area contributed by atoms with Crippen LogP contribution in [-0.4, -0.2) is 27.3 Å². The molecule has 0 saturated heterocycles. The highest BCUT2D eigenvalue weighted by atomic mass is 32.2. The topological polar surface area (TPSA) is 64.0 Å². The van der Waals surface area contributed by atoms with Crippen LogP contribution in [0.3, 0.4) is 0 Å². The summed E-state index contributed by atoms with van der Waals surface area (Å²) in [5, 5.41) is 4.35. The average Bonchev–Trinajstić information content (AvgIpc) is 2.67. The van der Waals surface area contributed by atoms with E-state index in [-0.39, 0.29) is 29.3 Å². The van der Waals surface area contributed by atoms with Gasteiger partial charge in [0, 0.05) is 12.1 Å². The SMILES string of the molecule is CC(C)[C@@H](C)NC(=O)CSc1nc2ccccc2c(=O)n1C1CCCCC1. The Labute approximate surface area is 164 Å². The summed E-state index contributed by atoms with van der Waals surface area (Å²) in [7, 11) is 0. The van der Waals surface area contributed by atoms with E-state index < -0.39 is 0 Å². The predicted octanol–water partition coefficient (Wildman–Crippen LogP) is 4.15. The van der Waals surface area contributed by atoms with Crippen LogP contribution in [0.4, 0.5) is 0 Å². The summed E-state index contributed by atoms with van der Waals surface area (Å²) in [6.07, 6.45) is 5.51. The van der Waals surface area contributed by atoms with Crippen molar-refractivity contribution in [1.29, 1.82) is 0 Å². The second-order valence-electron chi connectivity index (χ2n) is 7.77. The molecule has 1 aliphatic carbocycles. The molecule has 0 aliphatic heterocycles. The molecule has 0 spiro atoms. The van der Waals surface area contributed by atoms with Crippen LogP contribution in [0.5, 0.6) is 0 Å². The van der Waals surface area contributed by atoms with E-state index in [0.29, 0.717) is 22.0 Å². The molecule has 1 heterocycles. The van der Waals surface area contributed by atoms with Gasteiger partial charge in [-0.3, -0.25) is 14.2 Å². The molecule has 27 heavy (non-hydrogen) atoms. The zero-order valence-electron chi connectivity index (χ0n) is 16.4. The maximum Gasteiger partial charge on any atom is 0.262 e. The number of carbonyl (C=O) groups excluding carboxylic acids is 1. The lowest BCUT2D eigenvalue weighted by atomic mass is 9.95. The molecule has 5 nitrogen and oxygen atoms in total. The minimum Gasteiger partial charge on any atom is -0.353 e. The quantitative estimate of drug-likeness (QED) is 0.597.